The van der Waals surface area contributed by atoms with Gasteiger partial charge in [0.25, 0.3) is 0 Å². The molecule has 0 atom stereocenters. The summed E-state index contributed by atoms with van der Waals surface area (Å²) in [5.41, 5.74) is 1.63. The zero-order chi connectivity index (χ0) is 11.9. The van der Waals surface area contributed by atoms with E-state index in [4.69, 9.17) is 0 Å². The van der Waals surface area contributed by atoms with Crippen molar-refractivity contribution in [2.45, 2.75) is 26.2 Å². The number of hydrogen-bond donors (Lipinski definition) is 1. The number of benzene rings is 1. The molecule has 0 aliphatic rings. The van der Waals surface area contributed by atoms with Gasteiger partial charge in [-0.1, -0.05) is 51.1 Å². The molecule has 0 unspecified atom stereocenters. The van der Waals surface area contributed by atoms with Gasteiger partial charge in [0.2, 0.25) is 0 Å². The highest BCUT2D eigenvalue weighted by Gasteiger charge is 2.19. The molecule has 1 rings (SSSR count). The molecule has 0 aliphatic heterocycles. The molecule has 0 aliphatic carbocycles. The number of thioether (sulfide) groups is 1. The van der Waals surface area contributed by atoms with Crippen LogP contribution >= 0.6 is 11.8 Å². The lowest BCUT2D eigenvalue weighted by Crippen LogP contribution is -2.34. The van der Waals surface area contributed by atoms with Gasteiger partial charge in [0, 0.05) is 24.3 Å². The lowest BCUT2D eigenvalue weighted by Gasteiger charge is -2.25. The van der Waals surface area contributed by atoms with Crippen LogP contribution in [0.1, 0.15) is 26.3 Å². The van der Waals surface area contributed by atoms with Crippen LogP contribution < -0.4 is 5.32 Å². The van der Waals surface area contributed by atoms with Crippen LogP contribution in [0.5, 0.6) is 0 Å². The topological polar surface area (TPSA) is 12.0 Å². The Kier molecular flexibility index (Phi) is 5.93. The smallest absolute Gasteiger partial charge is 0.00580 e. The molecule has 0 aromatic heterocycles. The van der Waals surface area contributed by atoms with E-state index in [1.165, 1.54) is 17.1 Å². The van der Waals surface area contributed by atoms with Gasteiger partial charge in [-0.3, -0.25) is 0 Å². The van der Waals surface area contributed by atoms with Crippen molar-refractivity contribution in [3.8, 4) is 0 Å². The summed E-state index contributed by atoms with van der Waals surface area (Å²) < 4.78 is 0. The SMILES string of the molecule is CCSCCNCC(C)(C)c1ccccc1. The van der Waals surface area contributed by atoms with E-state index < -0.39 is 0 Å². The standard InChI is InChI=1S/C14H23NS/c1-4-16-11-10-15-12-14(2,3)13-8-6-5-7-9-13/h5-9,15H,4,10-12H2,1-3H3. The molecule has 1 aromatic rings. The fraction of sp³-hybridized carbons (Fsp3) is 0.571. The Labute approximate surface area is 104 Å². The Bertz CT molecular complexity index is 282. The summed E-state index contributed by atoms with van der Waals surface area (Å²) in [5, 5.41) is 3.54. The van der Waals surface area contributed by atoms with Gasteiger partial charge in [-0.15, -0.1) is 0 Å². The molecule has 2 heteroatoms. The Morgan fingerprint density at radius 1 is 1.19 bits per heavy atom. The van der Waals surface area contributed by atoms with E-state index >= 15 is 0 Å². The molecule has 16 heavy (non-hydrogen) atoms. The Hall–Kier alpha value is -0.470. The molecule has 0 radical (unpaired) electrons. The first-order valence-corrected chi connectivity index (χ1v) is 7.16. The van der Waals surface area contributed by atoms with E-state index in [-0.39, 0.29) is 5.41 Å². The lowest BCUT2D eigenvalue weighted by atomic mass is 9.85. The van der Waals surface area contributed by atoms with Gasteiger partial charge in [0.1, 0.15) is 0 Å². The van der Waals surface area contributed by atoms with Gasteiger partial charge in [-0.05, 0) is 11.3 Å². The Morgan fingerprint density at radius 2 is 1.88 bits per heavy atom. The summed E-state index contributed by atoms with van der Waals surface area (Å²) in [7, 11) is 0. The summed E-state index contributed by atoms with van der Waals surface area (Å²) in [4.78, 5) is 0. The molecule has 0 saturated carbocycles. The van der Waals surface area contributed by atoms with Crippen molar-refractivity contribution in [2.24, 2.45) is 0 Å². The monoisotopic (exact) mass is 237 g/mol. The quantitative estimate of drug-likeness (QED) is 0.730. The average molecular weight is 237 g/mol. The lowest BCUT2D eigenvalue weighted by molar-refractivity contribution is 0.478. The number of rotatable bonds is 7. The fourth-order valence-corrected chi connectivity index (χ4v) is 2.26. The minimum atomic E-state index is 0.220. The predicted octanol–water partition coefficient (Wildman–Crippen LogP) is 3.31. The van der Waals surface area contributed by atoms with Crippen LogP contribution in [0, 0.1) is 0 Å². The summed E-state index contributed by atoms with van der Waals surface area (Å²) in [6, 6.07) is 10.7. The molecule has 1 nitrogen and oxygen atoms in total. The van der Waals surface area contributed by atoms with Crippen molar-refractivity contribution in [1.29, 1.82) is 0 Å². The maximum atomic E-state index is 3.54. The van der Waals surface area contributed by atoms with E-state index in [1.54, 1.807) is 0 Å². The molecular weight excluding hydrogens is 214 g/mol. The molecule has 0 spiro atoms. The van der Waals surface area contributed by atoms with E-state index in [0.29, 0.717) is 0 Å². The largest absolute Gasteiger partial charge is 0.315 e. The van der Waals surface area contributed by atoms with E-state index in [1.807, 2.05) is 11.8 Å². The van der Waals surface area contributed by atoms with Gasteiger partial charge in [0.05, 0.1) is 0 Å². The second-order valence-electron chi connectivity index (χ2n) is 4.62. The molecule has 0 amide bonds. The number of hydrogen-bond acceptors (Lipinski definition) is 2. The van der Waals surface area contributed by atoms with Crippen molar-refractivity contribution >= 4 is 11.8 Å². The van der Waals surface area contributed by atoms with Crippen LogP contribution in [0.25, 0.3) is 0 Å². The van der Waals surface area contributed by atoms with Gasteiger partial charge in [-0.2, -0.15) is 11.8 Å². The van der Waals surface area contributed by atoms with Crippen molar-refractivity contribution < 1.29 is 0 Å². The Balaban J connectivity index is 2.35. The van der Waals surface area contributed by atoms with Crippen LogP contribution in [0.3, 0.4) is 0 Å². The fourth-order valence-electron chi connectivity index (χ4n) is 1.68. The second-order valence-corrected chi connectivity index (χ2v) is 6.02. The first-order valence-electron chi connectivity index (χ1n) is 6.01. The molecular formula is C14H23NS. The minimum Gasteiger partial charge on any atom is -0.315 e. The highest BCUT2D eigenvalue weighted by molar-refractivity contribution is 7.99. The first-order chi connectivity index (χ1) is 7.67. The van der Waals surface area contributed by atoms with E-state index in [9.17, 15) is 0 Å². The summed E-state index contributed by atoms with van der Waals surface area (Å²) in [6.45, 7) is 8.94. The van der Waals surface area contributed by atoms with Crippen LogP contribution in [-0.2, 0) is 5.41 Å². The molecule has 90 valence electrons. The molecule has 0 heterocycles. The molecule has 0 fully saturated rings. The van der Waals surface area contributed by atoms with Crippen LogP contribution in [0.4, 0.5) is 0 Å². The third kappa shape index (κ3) is 4.58. The van der Waals surface area contributed by atoms with Crippen LogP contribution in [0.15, 0.2) is 30.3 Å². The van der Waals surface area contributed by atoms with Gasteiger partial charge < -0.3 is 5.32 Å². The zero-order valence-corrected chi connectivity index (χ0v) is 11.4. The van der Waals surface area contributed by atoms with Crippen molar-refractivity contribution in [1.82, 2.24) is 5.32 Å². The summed E-state index contributed by atoms with van der Waals surface area (Å²) in [5.74, 6) is 2.42. The second kappa shape index (κ2) is 6.97. The maximum Gasteiger partial charge on any atom is 0.00580 e. The van der Waals surface area contributed by atoms with E-state index in [0.717, 1.165) is 13.1 Å². The number of nitrogens with one attached hydrogen (secondary N) is 1. The molecule has 1 aromatic carbocycles. The normalized spacial score (nSPS) is 11.7. The predicted molar refractivity (Wildman–Crippen MR) is 75.3 cm³/mol. The minimum absolute atomic E-state index is 0.220. The summed E-state index contributed by atoms with van der Waals surface area (Å²) in [6.07, 6.45) is 0. The average Bonchev–Trinajstić information content (AvgIpc) is 2.30. The highest BCUT2D eigenvalue weighted by Crippen LogP contribution is 2.21. The van der Waals surface area contributed by atoms with Gasteiger partial charge >= 0.3 is 0 Å². The Morgan fingerprint density at radius 3 is 2.50 bits per heavy atom. The van der Waals surface area contributed by atoms with Crippen LogP contribution in [-0.4, -0.2) is 24.6 Å². The third-order valence-electron chi connectivity index (χ3n) is 2.75. The van der Waals surface area contributed by atoms with Crippen LogP contribution in [0.2, 0.25) is 0 Å². The molecule has 0 saturated heterocycles. The summed E-state index contributed by atoms with van der Waals surface area (Å²) >= 11 is 1.99. The van der Waals surface area contributed by atoms with E-state index in [2.05, 4.69) is 56.4 Å². The first kappa shape index (κ1) is 13.6. The van der Waals surface area contributed by atoms with Gasteiger partial charge in [0.15, 0.2) is 0 Å². The van der Waals surface area contributed by atoms with Crippen molar-refractivity contribution in [3.05, 3.63) is 35.9 Å². The highest BCUT2D eigenvalue weighted by atomic mass is 32.2. The third-order valence-corrected chi connectivity index (χ3v) is 3.65. The van der Waals surface area contributed by atoms with Crippen molar-refractivity contribution in [3.63, 3.8) is 0 Å². The molecule has 0 bridgehead atoms. The van der Waals surface area contributed by atoms with Gasteiger partial charge in [-0.25, -0.2) is 0 Å². The molecule has 1 N–H and O–H groups in total. The maximum absolute atomic E-state index is 3.54. The zero-order valence-electron chi connectivity index (χ0n) is 10.6. The van der Waals surface area contributed by atoms with Crippen molar-refractivity contribution in [2.75, 3.05) is 24.6 Å².